The van der Waals surface area contributed by atoms with Crippen LogP contribution in [0.15, 0.2) is 6.20 Å². The van der Waals surface area contributed by atoms with Crippen LogP contribution in [0.2, 0.25) is 0 Å². The first-order valence-corrected chi connectivity index (χ1v) is 6.40. The van der Waals surface area contributed by atoms with E-state index >= 15 is 0 Å². The lowest BCUT2D eigenvalue weighted by Crippen LogP contribution is -2.10. The Morgan fingerprint density at radius 3 is 2.76 bits per heavy atom. The van der Waals surface area contributed by atoms with E-state index < -0.39 is 0 Å². The van der Waals surface area contributed by atoms with Crippen LogP contribution in [0.4, 0.5) is 0 Å². The molecular weight excluding hydrogens is 214 g/mol. The molecule has 5 heteroatoms. The Balaban J connectivity index is 1.99. The van der Waals surface area contributed by atoms with Gasteiger partial charge in [-0.05, 0) is 12.8 Å². The first-order chi connectivity index (χ1) is 8.29. The van der Waals surface area contributed by atoms with Crippen molar-refractivity contribution in [2.75, 3.05) is 0 Å². The highest BCUT2D eigenvalue weighted by Crippen LogP contribution is 2.31. The van der Waals surface area contributed by atoms with E-state index in [2.05, 4.69) is 21.7 Å². The molecular formula is C12H19N5. The molecule has 92 valence electrons. The summed E-state index contributed by atoms with van der Waals surface area (Å²) in [7, 11) is 2.06. The van der Waals surface area contributed by atoms with Crippen molar-refractivity contribution >= 4 is 5.78 Å². The summed E-state index contributed by atoms with van der Waals surface area (Å²) in [4.78, 5) is 4.48. The normalized spacial score (nSPS) is 18.0. The third-order valence-electron chi connectivity index (χ3n) is 3.75. The second kappa shape index (κ2) is 4.14. The number of nitrogens with two attached hydrogens (primary N) is 1. The zero-order valence-electron chi connectivity index (χ0n) is 10.3. The van der Waals surface area contributed by atoms with Gasteiger partial charge in [-0.3, -0.25) is 4.57 Å². The highest BCUT2D eigenvalue weighted by atomic mass is 15.4. The number of aromatic nitrogens is 4. The van der Waals surface area contributed by atoms with Crippen LogP contribution in [-0.4, -0.2) is 19.2 Å². The highest BCUT2D eigenvalue weighted by Gasteiger charge is 2.22. The number of hydrogen-bond donors (Lipinski definition) is 1. The van der Waals surface area contributed by atoms with E-state index in [0.717, 1.165) is 11.5 Å². The van der Waals surface area contributed by atoms with Gasteiger partial charge in [0.1, 0.15) is 5.82 Å². The molecule has 0 amide bonds. The lowest BCUT2D eigenvalue weighted by atomic mass is 9.89. The van der Waals surface area contributed by atoms with Gasteiger partial charge in [0.15, 0.2) is 0 Å². The van der Waals surface area contributed by atoms with Crippen molar-refractivity contribution < 1.29 is 0 Å². The average Bonchev–Trinajstić information content (AvgIpc) is 2.90. The van der Waals surface area contributed by atoms with E-state index in [4.69, 9.17) is 5.73 Å². The second-order valence-electron chi connectivity index (χ2n) is 4.93. The van der Waals surface area contributed by atoms with Crippen LogP contribution in [0.25, 0.3) is 5.78 Å². The largest absolute Gasteiger partial charge is 0.325 e. The minimum absolute atomic E-state index is 0.474. The number of fused-ring (bicyclic) bond motifs is 1. The summed E-state index contributed by atoms with van der Waals surface area (Å²) in [6.07, 6.45) is 8.48. The Bertz CT molecular complexity index is 518. The smallest absolute Gasteiger partial charge is 0.232 e. The summed E-state index contributed by atoms with van der Waals surface area (Å²) >= 11 is 0. The van der Waals surface area contributed by atoms with Crippen molar-refractivity contribution in [3.63, 3.8) is 0 Å². The summed E-state index contributed by atoms with van der Waals surface area (Å²) in [6, 6.07) is 0. The Labute approximate surface area is 101 Å². The van der Waals surface area contributed by atoms with E-state index in [0.29, 0.717) is 12.5 Å². The van der Waals surface area contributed by atoms with E-state index in [1.165, 1.54) is 37.9 Å². The summed E-state index contributed by atoms with van der Waals surface area (Å²) in [5.41, 5.74) is 6.49. The van der Waals surface area contributed by atoms with Crippen LogP contribution in [0.5, 0.6) is 0 Å². The zero-order valence-corrected chi connectivity index (χ0v) is 10.3. The summed E-state index contributed by atoms with van der Waals surface area (Å²) in [5, 5.41) is 4.67. The lowest BCUT2D eigenvalue weighted by Gasteiger charge is -2.20. The molecule has 1 saturated carbocycles. The molecule has 0 spiro atoms. The van der Waals surface area contributed by atoms with Crippen molar-refractivity contribution in [3.05, 3.63) is 17.7 Å². The topological polar surface area (TPSA) is 61.1 Å². The molecule has 0 bridgehead atoms. The minimum atomic E-state index is 0.474. The fourth-order valence-corrected chi connectivity index (χ4v) is 2.80. The van der Waals surface area contributed by atoms with Gasteiger partial charge in [0, 0.05) is 19.5 Å². The Morgan fingerprint density at radius 1 is 1.35 bits per heavy atom. The number of rotatable bonds is 2. The van der Waals surface area contributed by atoms with Crippen LogP contribution < -0.4 is 5.73 Å². The highest BCUT2D eigenvalue weighted by molar-refractivity contribution is 5.32. The molecule has 2 aromatic rings. The van der Waals surface area contributed by atoms with E-state index in [9.17, 15) is 0 Å². The first kappa shape index (κ1) is 10.8. The molecule has 1 fully saturated rings. The van der Waals surface area contributed by atoms with Gasteiger partial charge in [-0.15, -0.1) is 0 Å². The van der Waals surface area contributed by atoms with Crippen LogP contribution >= 0.6 is 0 Å². The van der Waals surface area contributed by atoms with Crippen molar-refractivity contribution in [3.8, 4) is 0 Å². The molecule has 2 N–H and O–H groups in total. The van der Waals surface area contributed by atoms with Crippen molar-refractivity contribution in [2.45, 2.75) is 44.6 Å². The van der Waals surface area contributed by atoms with Gasteiger partial charge in [0.2, 0.25) is 5.78 Å². The van der Waals surface area contributed by atoms with Crippen LogP contribution in [0, 0.1) is 0 Å². The predicted octanol–water partition coefficient (Wildman–Crippen LogP) is 1.57. The molecule has 5 nitrogen and oxygen atoms in total. The van der Waals surface area contributed by atoms with Crippen LogP contribution in [0.1, 0.15) is 49.5 Å². The van der Waals surface area contributed by atoms with Gasteiger partial charge in [0.25, 0.3) is 0 Å². The van der Waals surface area contributed by atoms with Crippen LogP contribution in [0.3, 0.4) is 0 Å². The quantitative estimate of drug-likeness (QED) is 0.856. The molecule has 2 aromatic heterocycles. The number of nitrogens with zero attached hydrogens (tertiary/aromatic N) is 4. The van der Waals surface area contributed by atoms with Gasteiger partial charge < -0.3 is 5.73 Å². The van der Waals surface area contributed by atoms with Crippen molar-refractivity contribution in [1.82, 2.24) is 19.2 Å². The molecule has 0 aromatic carbocycles. The molecule has 0 aliphatic heterocycles. The second-order valence-corrected chi connectivity index (χ2v) is 4.93. The average molecular weight is 233 g/mol. The third-order valence-corrected chi connectivity index (χ3v) is 3.75. The number of hydrogen-bond acceptors (Lipinski definition) is 3. The molecule has 0 saturated heterocycles. The van der Waals surface area contributed by atoms with Gasteiger partial charge in [-0.1, -0.05) is 19.3 Å². The Hall–Kier alpha value is -1.36. The molecule has 1 aliphatic carbocycles. The van der Waals surface area contributed by atoms with E-state index in [1.807, 2.05) is 10.7 Å². The summed E-state index contributed by atoms with van der Waals surface area (Å²) < 4.78 is 3.99. The van der Waals surface area contributed by atoms with E-state index in [-0.39, 0.29) is 0 Å². The monoisotopic (exact) mass is 233 g/mol. The number of aryl methyl sites for hydroxylation is 1. The van der Waals surface area contributed by atoms with Gasteiger partial charge in [-0.25, -0.2) is 9.50 Å². The maximum absolute atomic E-state index is 5.59. The lowest BCUT2D eigenvalue weighted by molar-refractivity contribution is 0.420. The molecule has 0 unspecified atom stereocenters. The van der Waals surface area contributed by atoms with Crippen LogP contribution in [-0.2, 0) is 13.6 Å². The molecule has 0 atom stereocenters. The number of imidazole rings is 1. The zero-order chi connectivity index (χ0) is 11.8. The third kappa shape index (κ3) is 1.74. The minimum Gasteiger partial charge on any atom is -0.325 e. The fraction of sp³-hybridized carbons (Fsp3) is 0.667. The Kier molecular flexibility index (Phi) is 2.63. The standard InChI is InChI=1S/C12H19N5/c1-16-11(9-5-3-2-4-6-9)15-17-8-10(7-13)14-12(16)17/h8-9H,2-7,13H2,1H3. The maximum Gasteiger partial charge on any atom is 0.232 e. The van der Waals surface area contributed by atoms with E-state index in [1.54, 1.807) is 0 Å². The molecule has 3 rings (SSSR count). The maximum atomic E-state index is 5.59. The van der Waals surface area contributed by atoms with Gasteiger partial charge in [-0.2, -0.15) is 5.10 Å². The van der Waals surface area contributed by atoms with Crippen molar-refractivity contribution in [1.29, 1.82) is 0 Å². The Morgan fingerprint density at radius 2 is 2.12 bits per heavy atom. The summed E-state index contributed by atoms with van der Waals surface area (Å²) in [5.74, 6) is 2.69. The van der Waals surface area contributed by atoms with Gasteiger partial charge in [0.05, 0.1) is 11.9 Å². The molecule has 1 aliphatic rings. The molecule has 0 radical (unpaired) electrons. The molecule has 17 heavy (non-hydrogen) atoms. The molecule has 2 heterocycles. The fourth-order valence-electron chi connectivity index (χ4n) is 2.80. The van der Waals surface area contributed by atoms with Gasteiger partial charge >= 0.3 is 0 Å². The SMILES string of the molecule is Cn1c(C2CCCCC2)nn2cc(CN)nc12. The predicted molar refractivity (Wildman–Crippen MR) is 65.7 cm³/mol. The first-order valence-electron chi connectivity index (χ1n) is 6.40. The summed E-state index contributed by atoms with van der Waals surface area (Å²) in [6.45, 7) is 0.474. The van der Waals surface area contributed by atoms with Crippen molar-refractivity contribution in [2.24, 2.45) is 12.8 Å².